The van der Waals surface area contributed by atoms with Crippen LogP contribution in [0.1, 0.15) is 39.0 Å². The van der Waals surface area contributed by atoms with E-state index in [-0.39, 0.29) is 0 Å². The van der Waals surface area contributed by atoms with Crippen molar-refractivity contribution in [2.75, 3.05) is 32.7 Å². The third-order valence-corrected chi connectivity index (χ3v) is 5.06. The highest BCUT2D eigenvalue weighted by atomic mass is 15.3. The third kappa shape index (κ3) is 2.38. The maximum atomic E-state index is 3.65. The summed E-state index contributed by atoms with van der Waals surface area (Å²) in [4.78, 5) is 5.49. The number of hydrogen-bond donors (Lipinski definition) is 1. The Balaban J connectivity index is 1.59. The van der Waals surface area contributed by atoms with Crippen molar-refractivity contribution in [2.45, 2.75) is 57.2 Å². The minimum absolute atomic E-state index is 0.769. The fraction of sp³-hybridized carbons (Fsp3) is 1.00. The van der Waals surface area contributed by atoms with Crippen molar-refractivity contribution < 1.29 is 0 Å². The lowest BCUT2D eigenvalue weighted by atomic mass is 10.0. The third-order valence-electron chi connectivity index (χ3n) is 5.06. The van der Waals surface area contributed by atoms with Gasteiger partial charge < -0.3 is 5.32 Å². The van der Waals surface area contributed by atoms with E-state index in [1.807, 2.05) is 0 Å². The average molecular weight is 237 g/mol. The molecule has 0 bridgehead atoms. The van der Waals surface area contributed by atoms with Gasteiger partial charge in [0.2, 0.25) is 0 Å². The minimum Gasteiger partial charge on any atom is -0.313 e. The van der Waals surface area contributed by atoms with Crippen LogP contribution in [0.3, 0.4) is 0 Å². The first kappa shape index (κ1) is 11.9. The Morgan fingerprint density at radius 2 is 2.12 bits per heavy atom. The summed E-state index contributed by atoms with van der Waals surface area (Å²) in [6, 6.07) is 2.51. The highest BCUT2D eigenvalue weighted by Crippen LogP contribution is 2.31. The molecule has 1 N–H and O–H groups in total. The molecule has 98 valence electrons. The van der Waals surface area contributed by atoms with Crippen LogP contribution < -0.4 is 5.32 Å². The molecule has 3 aliphatic rings. The van der Waals surface area contributed by atoms with E-state index in [0.29, 0.717) is 0 Å². The van der Waals surface area contributed by atoms with Crippen LogP contribution in [0.5, 0.6) is 0 Å². The lowest BCUT2D eigenvalue weighted by molar-refractivity contribution is 0.155. The van der Waals surface area contributed by atoms with Gasteiger partial charge in [-0.15, -0.1) is 0 Å². The summed E-state index contributed by atoms with van der Waals surface area (Å²) in [7, 11) is 0. The van der Waals surface area contributed by atoms with Gasteiger partial charge in [0, 0.05) is 31.2 Å². The number of likely N-dealkylation sites (N-methyl/N-ethyl adjacent to an activating group) is 1. The molecule has 3 rings (SSSR count). The van der Waals surface area contributed by atoms with Crippen LogP contribution in [0.4, 0.5) is 0 Å². The summed E-state index contributed by atoms with van der Waals surface area (Å²) in [5.74, 6) is 0. The predicted octanol–water partition coefficient (Wildman–Crippen LogP) is 1.30. The Morgan fingerprint density at radius 1 is 1.18 bits per heavy atom. The second kappa shape index (κ2) is 5.25. The molecule has 3 aliphatic heterocycles. The van der Waals surface area contributed by atoms with Gasteiger partial charge in [-0.1, -0.05) is 6.92 Å². The molecule has 0 aliphatic carbocycles. The van der Waals surface area contributed by atoms with Gasteiger partial charge in [0.1, 0.15) is 0 Å². The first-order chi connectivity index (χ1) is 8.38. The molecule has 3 fully saturated rings. The molecule has 0 saturated carbocycles. The van der Waals surface area contributed by atoms with E-state index in [1.165, 1.54) is 64.8 Å². The van der Waals surface area contributed by atoms with Gasteiger partial charge in [-0.2, -0.15) is 0 Å². The van der Waals surface area contributed by atoms with Gasteiger partial charge in [0.05, 0.1) is 0 Å². The van der Waals surface area contributed by atoms with Gasteiger partial charge in [-0.3, -0.25) is 9.80 Å². The Bertz CT molecular complexity index is 250. The van der Waals surface area contributed by atoms with E-state index < -0.39 is 0 Å². The van der Waals surface area contributed by atoms with Crippen molar-refractivity contribution in [1.29, 1.82) is 0 Å². The number of nitrogens with zero attached hydrogens (tertiary/aromatic N) is 2. The summed E-state index contributed by atoms with van der Waals surface area (Å²) in [6.07, 6.45) is 7.05. The van der Waals surface area contributed by atoms with Gasteiger partial charge in [0.25, 0.3) is 0 Å². The summed E-state index contributed by atoms with van der Waals surface area (Å²) in [6.45, 7) is 8.80. The Kier molecular flexibility index (Phi) is 3.69. The van der Waals surface area contributed by atoms with Gasteiger partial charge in [-0.25, -0.2) is 0 Å². The SMILES string of the molecule is CCN(CC1CCCN1)C1CCN2CCCC12. The van der Waals surface area contributed by atoms with E-state index in [2.05, 4.69) is 22.0 Å². The molecule has 0 amide bonds. The van der Waals surface area contributed by atoms with Crippen molar-refractivity contribution in [3.05, 3.63) is 0 Å². The summed E-state index contributed by atoms with van der Waals surface area (Å²) < 4.78 is 0. The Hall–Kier alpha value is -0.120. The van der Waals surface area contributed by atoms with Gasteiger partial charge in [0.15, 0.2) is 0 Å². The molecule has 0 radical (unpaired) electrons. The summed E-state index contributed by atoms with van der Waals surface area (Å²) >= 11 is 0. The molecule has 3 saturated heterocycles. The highest BCUT2D eigenvalue weighted by Gasteiger charge is 2.40. The molecule has 0 aromatic rings. The molecule has 3 heteroatoms. The predicted molar refractivity (Wildman–Crippen MR) is 71.3 cm³/mol. The van der Waals surface area contributed by atoms with Gasteiger partial charge >= 0.3 is 0 Å². The van der Waals surface area contributed by atoms with Crippen molar-refractivity contribution in [3.8, 4) is 0 Å². The zero-order valence-corrected chi connectivity index (χ0v) is 11.2. The van der Waals surface area contributed by atoms with E-state index in [9.17, 15) is 0 Å². The fourth-order valence-corrected chi connectivity index (χ4v) is 4.18. The van der Waals surface area contributed by atoms with Crippen molar-refractivity contribution >= 4 is 0 Å². The minimum atomic E-state index is 0.769. The molecule has 0 aromatic heterocycles. The largest absolute Gasteiger partial charge is 0.313 e. The fourth-order valence-electron chi connectivity index (χ4n) is 4.18. The number of rotatable bonds is 4. The number of hydrogen-bond acceptors (Lipinski definition) is 3. The second-order valence-electron chi connectivity index (χ2n) is 5.98. The van der Waals surface area contributed by atoms with Crippen molar-refractivity contribution in [2.24, 2.45) is 0 Å². The molecule has 0 spiro atoms. The summed E-state index contributed by atoms with van der Waals surface area (Å²) in [5, 5.41) is 3.65. The quantitative estimate of drug-likeness (QED) is 0.795. The van der Waals surface area contributed by atoms with Crippen LogP contribution in [0, 0.1) is 0 Å². The van der Waals surface area contributed by atoms with Crippen LogP contribution in [-0.2, 0) is 0 Å². The maximum absolute atomic E-state index is 3.65. The van der Waals surface area contributed by atoms with Crippen LogP contribution >= 0.6 is 0 Å². The zero-order chi connectivity index (χ0) is 11.7. The monoisotopic (exact) mass is 237 g/mol. The van der Waals surface area contributed by atoms with Crippen LogP contribution in [0.15, 0.2) is 0 Å². The topological polar surface area (TPSA) is 18.5 Å². The van der Waals surface area contributed by atoms with Gasteiger partial charge in [-0.05, 0) is 51.7 Å². The maximum Gasteiger partial charge on any atom is 0.0264 e. The Morgan fingerprint density at radius 3 is 2.88 bits per heavy atom. The smallest absolute Gasteiger partial charge is 0.0264 e. The molecule has 0 aromatic carbocycles. The standard InChI is InChI=1S/C14H27N3/c1-2-16(11-12-5-3-8-15-12)14-7-10-17-9-4-6-13(14)17/h12-15H,2-11H2,1H3. The number of nitrogens with one attached hydrogen (secondary N) is 1. The first-order valence-corrected chi connectivity index (χ1v) is 7.60. The van der Waals surface area contributed by atoms with E-state index in [0.717, 1.165) is 18.1 Å². The summed E-state index contributed by atoms with van der Waals surface area (Å²) in [5.41, 5.74) is 0. The lowest BCUT2D eigenvalue weighted by Crippen LogP contribution is -2.47. The number of fused-ring (bicyclic) bond motifs is 1. The first-order valence-electron chi connectivity index (χ1n) is 7.60. The van der Waals surface area contributed by atoms with Crippen LogP contribution in [0.2, 0.25) is 0 Å². The highest BCUT2D eigenvalue weighted by molar-refractivity contribution is 4.97. The molecule has 17 heavy (non-hydrogen) atoms. The molecular weight excluding hydrogens is 210 g/mol. The van der Waals surface area contributed by atoms with Crippen LogP contribution in [0.25, 0.3) is 0 Å². The van der Waals surface area contributed by atoms with Crippen molar-refractivity contribution in [1.82, 2.24) is 15.1 Å². The lowest BCUT2D eigenvalue weighted by Gasteiger charge is -2.33. The molecule has 3 atom stereocenters. The van der Waals surface area contributed by atoms with E-state index in [1.54, 1.807) is 0 Å². The molecule has 3 unspecified atom stereocenters. The zero-order valence-electron chi connectivity index (χ0n) is 11.2. The second-order valence-corrected chi connectivity index (χ2v) is 5.98. The van der Waals surface area contributed by atoms with E-state index in [4.69, 9.17) is 0 Å². The van der Waals surface area contributed by atoms with Crippen molar-refractivity contribution in [3.63, 3.8) is 0 Å². The van der Waals surface area contributed by atoms with Crippen LogP contribution in [-0.4, -0.2) is 60.6 Å². The normalized spacial score (nSPS) is 38.1. The molecule has 3 nitrogen and oxygen atoms in total. The average Bonchev–Trinajstić information content (AvgIpc) is 3.03. The van der Waals surface area contributed by atoms with E-state index >= 15 is 0 Å². The Labute approximate surface area is 106 Å². The molecular formula is C14H27N3. The molecule has 3 heterocycles.